The van der Waals surface area contributed by atoms with E-state index in [1.54, 1.807) is 0 Å². The van der Waals surface area contributed by atoms with Crippen molar-refractivity contribution >= 4 is 13.8 Å². The molecule has 61 heavy (non-hydrogen) atoms. The molecule has 0 saturated heterocycles. The van der Waals surface area contributed by atoms with E-state index < -0.39 is 13.9 Å². The van der Waals surface area contributed by atoms with E-state index >= 15 is 0 Å². The fraction of sp³-hybridized carbons (Fsp3) is 0.712. The van der Waals surface area contributed by atoms with Crippen LogP contribution in [0.3, 0.4) is 0 Å². The molecule has 0 heterocycles. The zero-order valence-electron chi connectivity index (χ0n) is 39.8. The van der Waals surface area contributed by atoms with Crippen LogP contribution in [0, 0.1) is 0 Å². The molecule has 8 nitrogen and oxygen atoms in total. The molecule has 0 aromatic carbocycles. The number of carbonyl (C=O) groups is 1. The van der Waals surface area contributed by atoms with E-state index in [4.69, 9.17) is 18.5 Å². The number of nitrogens with zero attached hydrogens (tertiary/aromatic N) is 1. The summed E-state index contributed by atoms with van der Waals surface area (Å²) < 4.78 is 34.6. The lowest BCUT2D eigenvalue weighted by Crippen LogP contribution is -2.37. The maximum atomic E-state index is 12.7. The Hall–Kier alpha value is -2.32. The average molecular weight is 874 g/mol. The van der Waals surface area contributed by atoms with Gasteiger partial charge in [0.1, 0.15) is 19.3 Å². The first-order valence-electron chi connectivity index (χ1n) is 24.3. The van der Waals surface area contributed by atoms with Crippen LogP contribution in [0.4, 0.5) is 0 Å². The number of esters is 1. The van der Waals surface area contributed by atoms with Crippen LogP contribution < -0.4 is 4.89 Å². The number of carbonyl (C=O) groups excluding carboxylic acids is 1. The number of ether oxygens (including phenoxy) is 2. The van der Waals surface area contributed by atoms with Gasteiger partial charge in [-0.3, -0.25) is 9.36 Å². The van der Waals surface area contributed by atoms with Gasteiger partial charge in [-0.25, -0.2) is 0 Å². The van der Waals surface area contributed by atoms with Crippen molar-refractivity contribution in [2.75, 3.05) is 54.1 Å². The van der Waals surface area contributed by atoms with Crippen LogP contribution in [0.2, 0.25) is 0 Å². The molecule has 0 fully saturated rings. The smallest absolute Gasteiger partial charge is 0.306 e. The third-order valence-electron chi connectivity index (χ3n) is 9.93. The van der Waals surface area contributed by atoms with E-state index in [2.05, 4.69) is 98.9 Å². The van der Waals surface area contributed by atoms with Gasteiger partial charge in [0.2, 0.25) is 0 Å². The van der Waals surface area contributed by atoms with Gasteiger partial charge in [0, 0.05) is 13.0 Å². The Labute approximate surface area is 375 Å². The first-order chi connectivity index (χ1) is 29.6. The lowest BCUT2D eigenvalue weighted by Gasteiger charge is -2.28. The van der Waals surface area contributed by atoms with E-state index in [1.165, 1.54) is 64.2 Å². The molecule has 0 spiro atoms. The van der Waals surface area contributed by atoms with E-state index in [9.17, 15) is 14.3 Å². The molecule has 0 N–H and O–H groups in total. The largest absolute Gasteiger partial charge is 0.756 e. The van der Waals surface area contributed by atoms with Gasteiger partial charge < -0.3 is 27.9 Å². The topological polar surface area (TPSA) is 94.1 Å². The molecule has 0 aromatic rings. The fourth-order valence-electron chi connectivity index (χ4n) is 6.19. The molecule has 0 bridgehead atoms. The molecule has 0 saturated carbocycles. The molecule has 0 aliphatic carbocycles. The molecule has 2 unspecified atom stereocenters. The second kappa shape index (κ2) is 44.3. The van der Waals surface area contributed by atoms with Crippen molar-refractivity contribution in [1.82, 2.24) is 0 Å². The molecule has 0 amide bonds. The summed E-state index contributed by atoms with van der Waals surface area (Å²) in [6.45, 7) is 5.21. The summed E-state index contributed by atoms with van der Waals surface area (Å²) in [7, 11) is 1.32. The highest BCUT2D eigenvalue weighted by atomic mass is 31.2. The van der Waals surface area contributed by atoms with E-state index in [-0.39, 0.29) is 32.2 Å². The Bertz CT molecular complexity index is 1250. The van der Waals surface area contributed by atoms with Crippen LogP contribution in [0.15, 0.2) is 85.1 Å². The number of allylic oxidation sites excluding steroid dienone is 14. The number of rotatable bonds is 44. The van der Waals surface area contributed by atoms with Crippen molar-refractivity contribution in [2.45, 2.75) is 187 Å². The normalized spacial score (nSPS) is 14.4. The Kier molecular flexibility index (Phi) is 42.6. The van der Waals surface area contributed by atoms with Crippen LogP contribution in [-0.2, 0) is 27.9 Å². The molecule has 9 heteroatoms. The predicted molar refractivity (Wildman–Crippen MR) is 258 cm³/mol. The number of phosphoric ester groups is 1. The zero-order chi connectivity index (χ0) is 44.8. The number of unbranched alkanes of at least 4 members (excludes halogenated alkanes) is 16. The molecule has 0 radical (unpaired) electrons. The van der Waals surface area contributed by atoms with Crippen LogP contribution in [-0.4, -0.2) is 70.7 Å². The average Bonchev–Trinajstić information content (AvgIpc) is 3.22. The summed E-state index contributed by atoms with van der Waals surface area (Å²) >= 11 is 0. The Morgan fingerprint density at radius 2 is 0.951 bits per heavy atom. The minimum absolute atomic E-state index is 0.0141. The highest BCUT2D eigenvalue weighted by molar-refractivity contribution is 7.45. The lowest BCUT2D eigenvalue weighted by molar-refractivity contribution is -0.870. The van der Waals surface area contributed by atoms with E-state index in [0.29, 0.717) is 17.6 Å². The standard InChI is InChI=1S/C52H92NO7P/c1-6-8-10-12-14-16-18-20-22-24-25-26-27-28-30-32-34-36-38-40-42-44-47-57-49-51(50-59-61(55,56)58-48-46-53(3,4)5)60-52(54)45-43-41-39-37-35-33-31-29-23-21-19-17-15-13-11-9-7-2/h9,11,15,17-18,20-21,23-25,27-28,31,33,51H,6-8,10,12-14,16,19,22,26,29-30,32,34-50H2,1-5H3/b11-9-,17-15-,20-18-,23-21-,25-24-,28-27-,33-31-. The van der Waals surface area contributed by atoms with Gasteiger partial charge in [-0.05, 0) is 89.9 Å². The summed E-state index contributed by atoms with van der Waals surface area (Å²) in [5.41, 5.74) is 0. The minimum Gasteiger partial charge on any atom is -0.756 e. The lowest BCUT2D eigenvalue weighted by atomic mass is 10.1. The minimum atomic E-state index is -4.54. The van der Waals surface area contributed by atoms with Gasteiger partial charge in [0.25, 0.3) is 7.82 Å². The quantitative estimate of drug-likeness (QED) is 0.0198. The molecule has 0 aromatic heterocycles. The Morgan fingerprint density at radius 1 is 0.525 bits per heavy atom. The SMILES string of the molecule is CC/C=C\C/C=C\C/C=C\C/C=C\CCCCCCC(=O)OC(COCCCCCCCCC/C=C\C/C=C\C/C=C\CCCCCCC)COP(=O)([O-])OCC[N+](C)(C)C. The van der Waals surface area contributed by atoms with Crippen LogP contribution in [0.25, 0.3) is 0 Å². The van der Waals surface area contributed by atoms with Crippen LogP contribution >= 0.6 is 7.82 Å². The number of likely N-dealkylation sites (N-methyl/N-ethyl adjacent to an activating group) is 1. The van der Waals surface area contributed by atoms with Gasteiger partial charge in [0.05, 0.1) is 34.4 Å². The number of hydrogen-bond acceptors (Lipinski definition) is 7. The third-order valence-corrected chi connectivity index (χ3v) is 10.9. The second-order valence-electron chi connectivity index (χ2n) is 17.1. The van der Waals surface area contributed by atoms with E-state index in [1.807, 2.05) is 21.1 Å². The van der Waals surface area contributed by atoms with Crippen LogP contribution in [0.1, 0.15) is 181 Å². The van der Waals surface area contributed by atoms with Gasteiger partial charge in [-0.2, -0.15) is 0 Å². The maximum Gasteiger partial charge on any atom is 0.306 e. The first-order valence-corrected chi connectivity index (χ1v) is 25.8. The van der Waals surface area contributed by atoms with Crippen molar-refractivity contribution in [1.29, 1.82) is 0 Å². The predicted octanol–water partition coefficient (Wildman–Crippen LogP) is 14.2. The summed E-state index contributed by atoms with van der Waals surface area (Å²) in [6.07, 6.45) is 58.9. The first kappa shape index (κ1) is 58.7. The zero-order valence-corrected chi connectivity index (χ0v) is 40.7. The Morgan fingerprint density at radius 3 is 1.43 bits per heavy atom. The van der Waals surface area contributed by atoms with E-state index in [0.717, 1.165) is 96.3 Å². The van der Waals surface area contributed by atoms with Crippen molar-refractivity contribution in [2.24, 2.45) is 0 Å². The summed E-state index contributed by atoms with van der Waals surface area (Å²) in [4.78, 5) is 25.1. The molecule has 0 aliphatic rings. The van der Waals surface area contributed by atoms with Gasteiger partial charge in [0.15, 0.2) is 0 Å². The molecule has 2 atom stereocenters. The Balaban J connectivity index is 4.25. The maximum absolute atomic E-state index is 12.7. The van der Waals surface area contributed by atoms with Crippen molar-refractivity contribution in [3.63, 3.8) is 0 Å². The number of quaternary nitrogens is 1. The van der Waals surface area contributed by atoms with Crippen LogP contribution in [0.5, 0.6) is 0 Å². The van der Waals surface area contributed by atoms with Crippen molar-refractivity contribution in [3.8, 4) is 0 Å². The highest BCUT2D eigenvalue weighted by Crippen LogP contribution is 2.38. The fourth-order valence-corrected chi connectivity index (χ4v) is 6.92. The summed E-state index contributed by atoms with van der Waals surface area (Å²) in [5, 5.41) is 0. The molecular weight excluding hydrogens is 782 g/mol. The molecule has 0 aliphatic heterocycles. The third kappa shape index (κ3) is 48.6. The number of hydrogen-bond donors (Lipinski definition) is 0. The highest BCUT2D eigenvalue weighted by Gasteiger charge is 2.20. The van der Waals surface area contributed by atoms with Gasteiger partial charge >= 0.3 is 5.97 Å². The van der Waals surface area contributed by atoms with Gasteiger partial charge in [-0.1, -0.05) is 170 Å². The summed E-state index contributed by atoms with van der Waals surface area (Å²) in [6, 6.07) is 0. The molecule has 352 valence electrons. The van der Waals surface area contributed by atoms with Crippen molar-refractivity contribution in [3.05, 3.63) is 85.1 Å². The molecular formula is C52H92NO7P. The second-order valence-corrected chi connectivity index (χ2v) is 18.5. The summed E-state index contributed by atoms with van der Waals surface area (Å²) in [5.74, 6) is -0.364. The van der Waals surface area contributed by atoms with Gasteiger partial charge in [-0.15, -0.1) is 0 Å². The molecule has 0 rings (SSSR count). The monoisotopic (exact) mass is 874 g/mol. The van der Waals surface area contributed by atoms with Crippen molar-refractivity contribution < 1.29 is 37.3 Å². The number of phosphoric acid groups is 1.